The zero-order valence-electron chi connectivity index (χ0n) is 14.7. The second-order valence-corrected chi connectivity index (χ2v) is 6.15. The lowest BCUT2D eigenvalue weighted by Gasteiger charge is -2.34. The van der Waals surface area contributed by atoms with E-state index < -0.39 is 5.41 Å². The smallest absolute Gasteiger partial charge is 0.227 e. The standard InChI is InChI=1S/C17H23N5O2.2ClH/c1-13-19-6-7-22(13)15-3-2-14(10-20-15)11-21-16(23)17(12-18)4-8-24-9-5-17;;/h2-3,6-7,10H,4-5,8-9,11-12,18H2,1H3,(H,21,23);2*1H. The van der Waals surface area contributed by atoms with Gasteiger partial charge in [-0.15, -0.1) is 24.8 Å². The third-order valence-electron chi connectivity index (χ3n) is 4.66. The summed E-state index contributed by atoms with van der Waals surface area (Å²) in [5, 5.41) is 2.99. The molecule has 0 saturated carbocycles. The van der Waals surface area contributed by atoms with Crippen molar-refractivity contribution in [2.45, 2.75) is 26.3 Å². The molecule has 0 radical (unpaired) electrons. The van der Waals surface area contributed by atoms with Crippen molar-refractivity contribution in [1.29, 1.82) is 0 Å². The van der Waals surface area contributed by atoms with Crippen LogP contribution >= 0.6 is 24.8 Å². The molecule has 1 saturated heterocycles. The molecule has 144 valence electrons. The van der Waals surface area contributed by atoms with Crippen molar-refractivity contribution in [1.82, 2.24) is 19.9 Å². The molecular weight excluding hydrogens is 377 g/mol. The van der Waals surface area contributed by atoms with Crippen LogP contribution in [0.1, 0.15) is 24.2 Å². The van der Waals surface area contributed by atoms with Crippen molar-refractivity contribution in [3.63, 3.8) is 0 Å². The lowest BCUT2D eigenvalue weighted by Crippen LogP contribution is -2.48. The zero-order valence-corrected chi connectivity index (χ0v) is 16.3. The summed E-state index contributed by atoms with van der Waals surface area (Å²) in [6, 6.07) is 3.88. The molecule has 0 unspecified atom stereocenters. The Hall–Kier alpha value is -1.67. The van der Waals surface area contributed by atoms with Gasteiger partial charge in [0.25, 0.3) is 0 Å². The fourth-order valence-corrected chi connectivity index (χ4v) is 2.94. The van der Waals surface area contributed by atoms with Gasteiger partial charge < -0.3 is 15.8 Å². The van der Waals surface area contributed by atoms with Crippen molar-refractivity contribution in [2.24, 2.45) is 11.1 Å². The van der Waals surface area contributed by atoms with Crippen LogP contribution in [-0.2, 0) is 16.1 Å². The van der Waals surface area contributed by atoms with Gasteiger partial charge in [-0.3, -0.25) is 9.36 Å². The van der Waals surface area contributed by atoms with E-state index in [0.29, 0.717) is 39.1 Å². The summed E-state index contributed by atoms with van der Waals surface area (Å²) in [7, 11) is 0. The number of nitrogens with one attached hydrogen (secondary N) is 1. The molecule has 0 bridgehead atoms. The number of hydrogen-bond acceptors (Lipinski definition) is 5. The third-order valence-corrected chi connectivity index (χ3v) is 4.66. The maximum absolute atomic E-state index is 12.5. The number of aryl methyl sites for hydroxylation is 1. The molecule has 7 nitrogen and oxygen atoms in total. The number of amides is 1. The average Bonchev–Trinajstić information content (AvgIpc) is 3.06. The van der Waals surface area contributed by atoms with E-state index >= 15 is 0 Å². The largest absolute Gasteiger partial charge is 0.381 e. The maximum Gasteiger partial charge on any atom is 0.227 e. The molecule has 26 heavy (non-hydrogen) atoms. The SMILES string of the molecule is Cc1nccn1-c1ccc(CNC(=O)C2(CN)CCOCC2)cn1.Cl.Cl. The number of nitrogens with two attached hydrogens (primary N) is 1. The first-order valence-electron chi connectivity index (χ1n) is 8.16. The molecule has 3 rings (SSSR count). The molecule has 1 aliphatic rings. The van der Waals surface area contributed by atoms with Gasteiger partial charge in [0.15, 0.2) is 0 Å². The van der Waals surface area contributed by atoms with Gasteiger partial charge in [0.2, 0.25) is 5.91 Å². The van der Waals surface area contributed by atoms with Crippen LogP contribution in [0.15, 0.2) is 30.7 Å². The third kappa shape index (κ3) is 4.73. The Morgan fingerprint density at radius 3 is 2.58 bits per heavy atom. The predicted molar refractivity (Wildman–Crippen MR) is 104 cm³/mol. The number of rotatable bonds is 5. The molecule has 1 amide bonds. The topological polar surface area (TPSA) is 95.1 Å². The summed E-state index contributed by atoms with van der Waals surface area (Å²) < 4.78 is 7.26. The van der Waals surface area contributed by atoms with Crippen molar-refractivity contribution >= 4 is 30.7 Å². The average molecular weight is 402 g/mol. The molecule has 0 aliphatic carbocycles. The predicted octanol–water partition coefficient (Wildman–Crippen LogP) is 1.79. The lowest BCUT2D eigenvalue weighted by atomic mass is 9.79. The fourth-order valence-electron chi connectivity index (χ4n) is 2.94. The Bertz CT molecular complexity index is 699. The van der Waals surface area contributed by atoms with E-state index in [0.717, 1.165) is 17.2 Å². The minimum absolute atomic E-state index is 0. The van der Waals surface area contributed by atoms with Gasteiger partial charge in [-0.25, -0.2) is 9.97 Å². The minimum Gasteiger partial charge on any atom is -0.381 e. The molecule has 1 fully saturated rings. The van der Waals surface area contributed by atoms with Crippen LogP contribution in [0.3, 0.4) is 0 Å². The quantitative estimate of drug-likeness (QED) is 0.795. The second-order valence-electron chi connectivity index (χ2n) is 6.15. The molecule has 3 N–H and O–H groups in total. The van der Waals surface area contributed by atoms with E-state index in [1.807, 2.05) is 29.8 Å². The van der Waals surface area contributed by atoms with Crippen molar-refractivity contribution in [3.05, 3.63) is 42.1 Å². The number of hydrogen-bond donors (Lipinski definition) is 2. The van der Waals surface area contributed by atoms with Gasteiger partial charge in [-0.1, -0.05) is 6.07 Å². The van der Waals surface area contributed by atoms with Gasteiger partial charge >= 0.3 is 0 Å². The Balaban J connectivity index is 0.00000169. The Labute approximate surface area is 165 Å². The van der Waals surface area contributed by atoms with E-state index in [9.17, 15) is 4.79 Å². The van der Waals surface area contributed by atoms with Crippen molar-refractivity contribution < 1.29 is 9.53 Å². The molecule has 1 aliphatic heterocycles. The highest BCUT2D eigenvalue weighted by Crippen LogP contribution is 2.29. The van der Waals surface area contributed by atoms with E-state index in [1.165, 1.54) is 0 Å². The van der Waals surface area contributed by atoms with Crippen LogP contribution in [0.5, 0.6) is 0 Å². The summed E-state index contributed by atoms with van der Waals surface area (Å²) in [5.74, 6) is 1.69. The zero-order chi connectivity index (χ0) is 17.0. The summed E-state index contributed by atoms with van der Waals surface area (Å²) in [6.45, 7) is 3.89. The Morgan fingerprint density at radius 2 is 2.04 bits per heavy atom. The van der Waals surface area contributed by atoms with E-state index in [-0.39, 0.29) is 30.7 Å². The molecule has 3 heterocycles. The number of ether oxygens (including phenoxy) is 1. The Kier molecular flexibility index (Phi) is 8.49. The van der Waals surface area contributed by atoms with Crippen molar-refractivity contribution in [3.8, 4) is 5.82 Å². The number of aromatic nitrogens is 3. The van der Waals surface area contributed by atoms with E-state index in [1.54, 1.807) is 12.4 Å². The summed E-state index contributed by atoms with van der Waals surface area (Å²) in [4.78, 5) is 21.2. The van der Waals surface area contributed by atoms with Crippen LogP contribution in [0.25, 0.3) is 5.82 Å². The number of halogens is 2. The first-order chi connectivity index (χ1) is 11.6. The first-order valence-corrected chi connectivity index (χ1v) is 8.16. The fraction of sp³-hybridized carbons (Fsp3) is 0.471. The van der Waals surface area contributed by atoms with Gasteiger partial charge in [0, 0.05) is 44.9 Å². The van der Waals surface area contributed by atoms with E-state index in [4.69, 9.17) is 10.5 Å². The van der Waals surface area contributed by atoms with Gasteiger partial charge in [-0.05, 0) is 31.4 Å². The Morgan fingerprint density at radius 1 is 1.31 bits per heavy atom. The normalized spacial score (nSPS) is 15.5. The highest BCUT2D eigenvalue weighted by Gasteiger charge is 2.38. The monoisotopic (exact) mass is 401 g/mol. The van der Waals surface area contributed by atoms with Crippen LogP contribution in [0, 0.1) is 12.3 Å². The summed E-state index contributed by atoms with van der Waals surface area (Å²) >= 11 is 0. The lowest BCUT2D eigenvalue weighted by molar-refractivity contribution is -0.136. The molecule has 2 aromatic rings. The number of pyridine rings is 1. The molecule has 9 heteroatoms. The minimum atomic E-state index is -0.500. The van der Waals surface area contributed by atoms with Crippen LogP contribution < -0.4 is 11.1 Å². The first kappa shape index (κ1) is 22.4. The second kappa shape index (κ2) is 9.87. The highest BCUT2D eigenvalue weighted by atomic mass is 35.5. The summed E-state index contributed by atoms with van der Waals surface area (Å²) in [6.07, 6.45) is 6.73. The van der Waals surface area contributed by atoms with Crippen LogP contribution in [-0.4, -0.2) is 40.2 Å². The van der Waals surface area contributed by atoms with Crippen molar-refractivity contribution in [2.75, 3.05) is 19.8 Å². The van der Waals surface area contributed by atoms with Gasteiger partial charge in [0.05, 0.1) is 5.41 Å². The van der Waals surface area contributed by atoms with Crippen LogP contribution in [0.2, 0.25) is 0 Å². The molecule has 0 aromatic carbocycles. The number of carbonyl (C=O) groups excluding carboxylic acids is 1. The summed E-state index contributed by atoms with van der Waals surface area (Å²) in [5.41, 5.74) is 6.31. The van der Waals surface area contributed by atoms with Gasteiger partial charge in [0.1, 0.15) is 11.6 Å². The molecule has 0 atom stereocenters. The van der Waals surface area contributed by atoms with Gasteiger partial charge in [-0.2, -0.15) is 0 Å². The molecule has 0 spiro atoms. The number of imidazole rings is 1. The molecular formula is C17H25Cl2N5O2. The number of carbonyl (C=O) groups is 1. The highest BCUT2D eigenvalue weighted by molar-refractivity contribution is 5.85. The molecule has 2 aromatic heterocycles. The maximum atomic E-state index is 12.5. The van der Waals surface area contributed by atoms with E-state index in [2.05, 4.69) is 15.3 Å². The van der Waals surface area contributed by atoms with Crippen LogP contribution in [0.4, 0.5) is 0 Å². The number of nitrogens with zero attached hydrogens (tertiary/aromatic N) is 3.